The molecule has 0 spiro atoms. The number of benzene rings is 2. The highest BCUT2D eigenvalue weighted by Crippen LogP contribution is 2.36. The molecule has 0 saturated heterocycles. The van der Waals surface area contributed by atoms with Crippen LogP contribution in [0.5, 0.6) is 0 Å². The van der Waals surface area contributed by atoms with Gasteiger partial charge in [0.15, 0.2) is 9.84 Å². The number of rotatable bonds is 5. The van der Waals surface area contributed by atoms with E-state index >= 15 is 0 Å². The molecule has 1 aliphatic rings. The zero-order valence-corrected chi connectivity index (χ0v) is 18.7. The van der Waals surface area contributed by atoms with Gasteiger partial charge in [-0.15, -0.1) is 0 Å². The van der Waals surface area contributed by atoms with Gasteiger partial charge in [-0.25, -0.2) is 8.42 Å². The van der Waals surface area contributed by atoms with E-state index in [9.17, 15) is 31.2 Å². The third-order valence-electron chi connectivity index (χ3n) is 4.84. The van der Waals surface area contributed by atoms with Crippen LogP contribution < -0.4 is 10.2 Å². The van der Waals surface area contributed by atoms with Crippen LogP contribution in [0.4, 0.5) is 24.5 Å². The Labute approximate surface area is 185 Å². The Hall–Kier alpha value is -2.40. The Morgan fingerprint density at radius 2 is 1.81 bits per heavy atom. The molecule has 0 saturated carbocycles. The van der Waals surface area contributed by atoms with Gasteiger partial charge in [0.25, 0.3) is 0 Å². The smallest absolute Gasteiger partial charge is 0.326 e. The van der Waals surface area contributed by atoms with E-state index in [0.29, 0.717) is 23.1 Å². The van der Waals surface area contributed by atoms with Crippen LogP contribution in [0, 0.1) is 0 Å². The minimum Gasteiger partial charge on any atom is -0.326 e. The fourth-order valence-electron chi connectivity index (χ4n) is 3.26. The van der Waals surface area contributed by atoms with E-state index in [0.717, 1.165) is 29.8 Å². The number of anilines is 2. The lowest BCUT2D eigenvalue weighted by Gasteiger charge is -2.16. The number of nitrogens with one attached hydrogen (secondary N) is 1. The van der Waals surface area contributed by atoms with Crippen LogP contribution in [0.2, 0.25) is 0 Å². The summed E-state index contributed by atoms with van der Waals surface area (Å²) in [6, 6.07) is 6.94. The Balaban J connectivity index is 1.70. The second-order valence-electron chi connectivity index (χ2n) is 7.02. The molecule has 1 aliphatic heterocycles. The quantitative estimate of drug-likeness (QED) is 0.643. The van der Waals surface area contributed by atoms with Crippen LogP contribution in [0.1, 0.15) is 24.5 Å². The van der Waals surface area contributed by atoms with Crippen LogP contribution in [-0.2, 0) is 32.0 Å². The summed E-state index contributed by atoms with van der Waals surface area (Å²) < 4.78 is 63.8. The van der Waals surface area contributed by atoms with E-state index in [1.54, 1.807) is 6.07 Å². The van der Waals surface area contributed by atoms with Crippen LogP contribution in [0.15, 0.2) is 45.8 Å². The first-order valence-electron chi connectivity index (χ1n) is 9.19. The third kappa shape index (κ3) is 5.27. The molecule has 6 nitrogen and oxygen atoms in total. The molecular formula is C20H18BrF3N2O4S. The Bertz CT molecular complexity index is 1130. The second-order valence-corrected chi connectivity index (χ2v) is 9.96. The average Bonchev–Trinajstić information content (AvgIpc) is 3.08. The number of hydrogen-bond donors (Lipinski definition) is 1. The molecule has 11 heteroatoms. The van der Waals surface area contributed by atoms with Gasteiger partial charge in [-0.05, 0) is 64.3 Å². The molecule has 31 heavy (non-hydrogen) atoms. The largest absolute Gasteiger partial charge is 0.416 e. The third-order valence-corrected chi connectivity index (χ3v) is 7.51. The maximum Gasteiger partial charge on any atom is 0.416 e. The monoisotopic (exact) mass is 518 g/mol. The first kappa shape index (κ1) is 23.3. The van der Waals surface area contributed by atoms with Gasteiger partial charge in [0.2, 0.25) is 11.8 Å². The minimum atomic E-state index is -4.49. The highest BCUT2D eigenvalue weighted by atomic mass is 79.9. The van der Waals surface area contributed by atoms with E-state index in [2.05, 4.69) is 21.2 Å². The molecule has 2 amide bonds. The summed E-state index contributed by atoms with van der Waals surface area (Å²) in [6.07, 6.45) is -4.26. The predicted octanol–water partition coefficient (Wildman–Crippen LogP) is 4.18. The SMILES string of the molecule is CC(=O)N1CCc2cc(Br)c(S(=O)(=O)CCC(=O)Nc3ccc(C(F)(F)F)cc3)cc21. The van der Waals surface area contributed by atoms with E-state index in [4.69, 9.17) is 0 Å². The van der Waals surface area contributed by atoms with Crippen LogP contribution >= 0.6 is 15.9 Å². The molecule has 0 aliphatic carbocycles. The summed E-state index contributed by atoms with van der Waals surface area (Å²) in [5.74, 6) is -1.34. The van der Waals surface area contributed by atoms with Crippen LogP contribution in [0.25, 0.3) is 0 Å². The molecule has 2 aromatic rings. The van der Waals surface area contributed by atoms with Gasteiger partial charge in [0, 0.05) is 35.7 Å². The highest BCUT2D eigenvalue weighted by Gasteiger charge is 2.30. The lowest BCUT2D eigenvalue weighted by molar-refractivity contribution is -0.137. The van der Waals surface area contributed by atoms with Gasteiger partial charge in [0.05, 0.1) is 16.2 Å². The zero-order chi connectivity index (χ0) is 23.0. The van der Waals surface area contributed by atoms with Gasteiger partial charge in [-0.2, -0.15) is 13.2 Å². The molecule has 2 aromatic carbocycles. The van der Waals surface area contributed by atoms with Crippen LogP contribution in [-0.4, -0.2) is 32.5 Å². The summed E-state index contributed by atoms with van der Waals surface area (Å²) in [5.41, 5.74) is 0.657. The summed E-state index contributed by atoms with van der Waals surface area (Å²) in [7, 11) is -3.87. The number of halogens is 4. The fourth-order valence-corrected chi connectivity index (χ4v) is 5.71. The van der Waals surface area contributed by atoms with Crippen molar-refractivity contribution in [3.05, 3.63) is 52.0 Å². The summed E-state index contributed by atoms with van der Waals surface area (Å²) in [4.78, 5) is 25.4. The first-order chi connectivity index (χ1) is 14.4. The molecule has 0 atom stereocenters. The Kier molecular flexibility index (Phi) is 6.47. The van der Waals surface area contributed by atoms with Gasteiger partial charge in [0.1, 0.15) is 0 Å². The molecule has 1 N–H and O–H groups in total. The topological polar surface area (TPSA) is 83.6 Å². The average molecular weight is 519 g/mol. The molecule has 0 fully saturated rings. The number of fused-ring (bicyclic) bond motifs is 1. The lowest BCUT2D eigenvalue weighted by atomic mass is 10.2. The van der Waals surface area contributed by atoms with E-state index < -0.39 is 33.2 Å². The second kappa shape index (κ2) is 8.62. The molecule has 0 aromatic heterocycles. The van der Waals surface area contributed by atoms with E-state index in [1.165, 1.54) is 17.9 Å². The van der Waals surface area contributed by atoms with Crippen molar-refractivity contribution in [1.29, 1.82) is 0 Å². The fraction of sp³-hybridized carbons (Fsp3) is 0.300. The molecule has 1 heterocycles. The minimum absolute atomic E-state index is 0.0262. The van der Waals surface area contributed by atoms with Crippen molar-refractivity contribution in [2.24, 2.45) is 0 Å². The van der Waals surface area contributed by atoms with Crippen LogP contribution in [0.3, 0.4) is 0 Å². The maximum absolute atomic E-state index is 12.8. The lowest BCUT2D eigenvalue weighted by Crippen LogP contribution is -2.26. The number of sulfone groups is 1. The zero-order valence-electron chi connectivity index (χ0n) is 16.3. The number of carbonyl (C=O) groups excluding carboxylic acids is 2. The molecular weight excluding hydrogens is 501 g/mol. The molecule has 3 rings (SSSR count). The number of nitrogens with zero attached hydrogens (tertiary/aromatic N) is 1. The van der Waals surface area contributed by atoms with Gasteiger partial charge in [-0.1, -0.05) is 0 Å². The molecule has 0 unspecified atom stereocenters. The Morgan fingerprint density at radius 1 is 1.16 bits per heavy atom. The van der Waals surface area contributed by atoms with Crippen molar-refractivity contribution < 1.29 is 31.2 Å². The van der Waals surface area contributed by atoms with Gasteiger partial charge >= 0.3 is 6.18 Å². The highest BCUT2D eigenvalue weighted by molar-refractivity contribution is 9.10. The summed E-state index contributed by atoms with van der Waals surface area (Å²) >= 11 is 3.25. The molecule has 0 bridgehead atoms. The number of alkyl halides is 3. The van der Waals surface area contributed by atoms with Crippen molar-refractivity contribution >= 4 is 49.0 Å². The van der Waals surface area contributed by atoms with Gasteiger partial charge < -0.3 is 10.2 Å². The molecule has 0 radical (unpaired) electrons. The van der Waals surface area contributed by atoms with Crippen molar-refractivity contribution in [3.63, 3.8) is 0 Å². The number of hydrogen-bond acceptors (Lipinski definition) is 4. The van der Waals surface area contributed by atoms with Crippen molar-refractivity contribution in [2.75, 3.05) is 22.5 Å². The summed E-state index contributed by atoms with van der Waals surface area (Å²) in [5, 5.41) is 2.39. The van der Waals surface area contributed by atoms with Crippen molar-refractivity contribution in [3.8, 4) is 0 Å². The van der Waals surface area contributed by atoms with Crippen molar-refractivity contribution in [2.45, 2.75) is 30.8 Å². The Morgan fingerprint density at radius 3 is 2.39 bits per heavy atom. The standard InChI is InChI=1S/C20H18BrF3N2O4S/c1-12(27)26-8-6-13-10-16(21)18(11-17(13)26)31(29,30)9-7-19(28)25-15-4-2-14(3-5-15)20(22,23)24/h2-5,10-11H,6-9H2,1H3,(H,25,28). The molecule has 166 valence electrons. The predicted molar refractivity (Wildman–Crippen MR) is 113 cm³/mol. The van der Waals surface area contributed by atoms with Gasteiger partial charge in [-0.3, -0.25) is 9.59 Å². The number of carbonyl (C=O) groups is 2. The summed E-state index contributed by atoms with van der Waals surface area (Å²) in [6.45, 7) is 1.87. The number of amides is 2. The maximum atomic E-state index is 12.8. The normalized spacial score (nSPS) is 13.8. The van der Waals surface area contributed by atoms with E-state index in [-0.39, 0.29) is 22.9 Å². The van der Waals surface area contributed by atoms with E-state index in [1.807, 2.05) is 0 Å². The van der Waals surface area contributed by atoms with Crippen molar-refractivity contribution in [1.82, 2.24) is 0 Å². The first-order valence-corrected chi connectivity index (χ1v) is 11.6.